The van der Waals surface area contributed by atoms with Crippen LogP contribution in [0.1, 0.15) is 38.4 Å². The third-order valence-corrected chi connectivity index (χ3v) is 3.84. The first-order chi connectivity index (χ1) is 8.88. The normalized spacial score (nSPS) is 23.6. The van der Waals surface area contributed by atoms with Gasteiger partial charge >= 0.3 is 0 Å². The predicted octanol–water partition coefficient (Wildman–Crippen LogP) is 2.96. The summed E-state index contributed by atoms with van der Waals surface area (Å²) in [5.41, 5.74) is 2.35. The Morgan fingerprint density at radius 2 is 2.05 bits per heavy atom. The van der Waals surface area contributed by atoms with Crippen LogP contribution in [0.5, 0.6) is 0 Å². The first-order valence-electron chi connectivity index (χ1n) is 7.04. The van der Waals surface area contributed by atoms with Gasteiger partial charge in [-0.15, -0.1) is 5.10 Å². The van der Waals surface area contributed by atoms with Crippen molar-refractivity contribution in [1.29, 1.82) is 0 Å². The summed E-state index contributed by atoms with van der Waals surface area (Å²) in [6, 6.07) is 2.06. The van der Waals surface area contributed by atoms with Crippen molar-refractivity contribution in [3.8, 4) is 0 Å². The molecule has 2 rings (SSSR count). The van der Waals surface area contributed by atoms with E-state index in [9.17, 15) is 0 Å². The second-order valence-electron chi connectivity index (χ2n) is 6.59. The SMILES string of the molecule is Cc1cc(NC[C@H]2CCO[C@@H]2C(C)(C)C)nnc1C. The summed E-state index contributed by atoms with van der Waals surface area (Å²) in [5, 5.41) is 11.7. The molecule has 4 nitrogen and oxygen atoms in total. The molecule has 0 spiro atoms. The molecule has 1 N–H and O–H groups in total. The van der Waals surface area contributed by atoms with Crippen LogP contribution in [0.15, 0.2) is 6.07 Å². The van der Waals surface area contributed by atoms with Gasteiger partial charge in [0.05, 0.1) is 11.8 Å². The summed E-state index contributed by atoms with van der Waals surface area (Å²) in [6.45, 7) is 12.5. The molecule has 4 heteroatoms. The lowest BCUT2D eigenvalue weighted by Crippen LogP contribution is -2.34. The monoisotopic (exact) mass is 263 g/mol. The third-order valence-electron chi connectivity index (χ3n) is 3.84. The van der Waals surface area contributed by atoms with E-state index in [2.05, 4.69) is 49.3 Å². The van der Waals surface area contributed by atoms with Crippen LogP contribution in [0.25, 0.3) is 0 Å². The minimum atomic E-state index is 0.192. The molecule has 1 aliphatic rings. The van der Waals surface area contributed by atoms with Gasteiger partial charge in [-0.25, -0.2) is 0 Å². The van der Waals surface area contributed by atoms with Crippen LogP contribution in [-0.4, -0.2) is 29.5 Å². The van der Waals surface area contributed by atoms with E-state index in [0.717, 1.165) is 31.1 Å². The summed E-state index contributed by atoms with van der Waals surface area (Å²) < 4.78 is 5.89. The number of aryl methyl sites for hydroxylation is 2. The molecule has 2 atom stereocenters. The van der Waals surface area contributed by atoms with E-state index in [1.807, 2.05) is 6.92 Å². The van der Waals surface area contributed by atoms with Gasteiger partial charge in [-0.3, -0.25) is 0 Å². The molecule has 1 aromatic heterocycles. The topological polar surface area (TPSA) is 47.0 Å². The smallest absolute Gasteiger partial charge is 0.148 e. The van der Waals surface area contributed by atoms with Crippen molar-refractivity contribution in [2.24, 2.45) is 11.3 Å². The molecule has 0 aromatic carbocycles. The maximum atomic E-state index is 5.89. The first kappa shape index (κ1) is 14.3. The second kappa shape index (κ2) is 5.45. The van der Waals surface area contributed by atoms with Gasteiger partial charge in [0.1, 0.15) is 5.82 Å². The number of aromatic nitrogens is 2. The van der Waals surface area contributed by atoms with Crippen molar-refractivity contribution in [3.63, 3.8) is 0 Å². The van der Waals surface area contributed by atoms with Gasteiger partial charge in [0.2, 0.25) is 0 Å². The quantitative estimate of drug-likeness (QED) is 0.910. The molecule has 0 radical (unpaired) electrons. The summed E-state index contributed by atoms with van der Waals surface area (Å²) >= 11 is 0. The van der Waals surface area contributed by atoms with E-state index >= 15 is 0 Å². The van der Waals surface area contributed by atoms with E-state index < -0.39 is 0 Å². The van der Waals surface area contributed by atoms with E-state index in [1.54, 1.807) is 0 Å². The minimum absolute atomic E-state index is 0.192. The summed E-state index contributed by atoms with van der Waals surface area (Å²) in [5.74, 6) is 1.41. The van der Waals surface area contributed by atoms with Crippen molar-refractivity contribution < 1.29 is 4.74 Å². The fourth-order valence-corrected chi connectivity index (χ4v) is 2.67. The van der Waals surface area contributed by atoms with Gasteiger partial charge in [0.25, 0.3) is 0 Å². The largest absolute Gasteiger partial charge is 0.377 e. The van der Waals surface area contributed by atoms with Crippen molar-refractivity contribution >= 4 is 5.82 Å². The molecule has 0 amide bonds. The Labute approximate surface area is 116 Å². The van der Waals surface area contributed by atoms with Gasteiger partial charge in [0.15, 0.2) is 0 Å². The van der Waals surface area contributed by atoms with Crippen LogP contribution in [0, 0.1) is 25.2 Å². The maximum absolute atomic E-state index is 5.89. The standard InChI is InChI=1S/C15H25N3O/c1-10-8-13(18-17-11(10)2)16-9-12-6-7-19-14(12)15(3,4)5/h8,12,14H,6-7,9H2,1-5H3,(H,16,18)/t12-,14+/m1/s1. The van der Waals surface area contributed by atoms with E-state index in [-0.39, 0.29) is 5.41 Å². The van der Waals surface area contributed by atoms with Crippen LogP contribution in [0.3, 0.4) is 0 Å². The van der Waals surface area contributed by atoms with Crippen LogP contribution in [0.4, 0.5) is 5.82 Å². The molecular formula is C15H25N3O. The zero-order chi connectivity index (χ0) is 14.0. The summed E-state index contributed by atoms with van der Waals surface area (Å²) in [7, 11) is 0. The number of rotatable bonds is 3. The van der Waals surface area contributed by atoms with Crippen molar-refractivity contribution in [2.75, 3.05) is 18.5 Å². The number of ether oxygens (including phenoxy) is 1. The average Bonchev–Trinajstić information content (AvgIpc) is 2.79. The number of anilines is 1. The van der Waals surface area contributed by atoms with Gasteiger partial charge in [-0.2, -0.15) is 5.10 Å². The Morgan fingerprint density at radius 3 is 2.68 bits per heavy atom. The Balaban J connectivity index is 1.96. The molecule has 0 aliphatic carbocycles. The highest BCUT2D eigenvalue weighted by Gasteiger charge is 2.36. The van der Waals surface area contributed by atoms with Crippen molar-refractivity contribution in [2.45, 2.75) is 47.1 Å². The molecular weight excluding hydrogens is 238 g/mol. The molecule has 2 heterocycles. The molecule has 1 aromatic rings. The Kier molecular flexibility index (Phi) is 4.09. The lowest BCUT2D eigenvalue weighted by atomic mass is 9.81. The Bertz CT molecular complexity index is 440. The fourth-order valence-electron chi connectivity index (χ4n) is 2.67. The van der Waals surface area contributed by atoms with E-state index in [4.69, 9.17) is 4.74 Å². The van der Waals surface area contributed by atoms with Gasteiger partial charge in [-0.05, 0) is 37.3 Å². The molecule has 0 bridgehead atoms. The predicted molar refractivity (Wildman–Crippen MR) is 77.3 cm³/mol. The van der Waals surface area contributed by atoms with Crippen LogP contribution < -0.4 is 5.32 Å². The number of hydrogen-bond donors (Lipinski definition) is 1. The van der Waals surface area contributed by atoms with E-state index in [1.165, 1.54) is 5.56 Å². The second-order valence-corrected chi connectivity index (χ2v) is 6.59. The maximum Gasteiger partial charge on any atom is 0.148 e. The van der Waals surface area contributed by atoms with Crippen molar-refractivity contribution in [3.05, 3.63) is 17.3 Å². The molecule has 0 saturated carbocycles. The lowest BCUT2D eigenvalue weighted by molar-refractivity contribution is 0.00956. The highest BCUT2D eigenvalue weighted by Crippen LogP contribution is 2.34. The number of hydrogen-bond acceptors (Lipinski definition) is 4. The minimum Gasteiger partial charge on any atom is -0.377 e. The molecule has 1 saturated heterocycles. The van der Waals surface area contributed by atoms with Gasteiger partial charge in [-0.1, -0.05) is 20.8 Å². The molecule has 19 heavy (non-hydrogen) atoms. The van der Waals surface area contributed by atoms with Gasteiger partial charge < -0.3 is 10.1 Å². The van der Waals surface area contributed by atoms with Gasteiger partial charge in [0, 0.05) is 19.1 Å². The van der Waals surface area contributed by atoms with Crippen molar-refractivity contribution in [1.82, 2.24) is 10.2 Å². The van der Waals surface area contributed by atoms with Crippen LogP contribution in [0.2, 0.25) is 0 Å². The highest BCUT2D eigenvalue weighted by molar-refractivity contribution is 5.37. The number of nitrogens with one attached hydrogen (secondary N) is 1. The molecule has 1 fully saturated rings. The summed E-state index contributed by atoms with van der Waals surface area (Å²) in [6.07, 6.45) is 1.44. The Hall–Kier alpha value is -1.16. The Morgan fingerprint density at radius 1 is 1.32 bits per heavy atom. The van der Waals surface area contributed by atoms with E-state index in [0.29, 0.717) is 12.0 Å². The summed E-state index contributed by atoms with van der Waals surface area (Å²) in [4.78, 5) is 0. The van der Waals surface area contributed by atoms with Crippen LogP contribution >= 0.6 is 0 Å². The third kappa shape index (κ3) is 3.44. The first-order valence-corrected chi connectivity index (χ1v) is 7.04. The average molecular weight is 263 g/mol. The van der Waals surface area contributed by atoms with Crippen LogP contribution in [-0.2, 0) is 4.74 Å². The zero-order valence-corrected chi connectivity index (χ0v) is 12.7. The number of nitrogens with zero attached hydrogens (tertiary/aromatic N) is 2. The molecule has 0 unspecified atom stereocenters. The molecule has 106 valence electrons. The molecule has 1 aliphatic heterocycles. The fraction of sp³-hybridized carbons (Fsp3) is 0.733. The zero-order valence-electron chi connectivity index (χ0n) is 12.7. The lowest BCUT2D eigenvalue weighted by Gasteiger charge is -2.31. The highest BCUT2D eigenvalue weighted by atomic mass is 16.5.